The lowest BCUT2D eigenvalue weighted by Gasteiger charge is -2.32. The van der Waals surface area contributed by atoms with E-state index in [0.29, 0.717) is 12.4 Å². The van der Waals surface area contributed by atoms with Crippen LogP contribution in [0.3, 0.4) is 0 Å². The Labute approximate surface area is 194 Å². The molecule has 1 aromatic carbocycles. The van der Waals surface area contributed by atoms with E-state index in [0.717, 1.165) is 5.46 Å². The van der Waals surface area contributed by atoms with E-state index in [4.69, 9.17) is 23.5 Å². The van der Waals surface area contributed by atoms with Gasteiger partial charge in [0.05, 0.1) is 29.8 Å². The van der Waals surface area contributed by atoms with Gasteiger partial charge < -0.3 is 23.5 Å². The molecule has 0 amide bonds. The molecule has 1 aliphatic rings. The van der Waals surface area contributed by atoms with Crippen molar-refractivity contribution in [3.63, 3.8) is 0 Å². The van der Waals surface area contributed by atoms with Gasteiger partial charge in [0.25, 0.3) is 0 Å². The van der Waals surface area contributed by atoms with E-state index in [-0.39, 0.29) is 12.4 Å². The Balaban J connectivity index is 1.99. The van der Waals surface area contributed by atoms with Crippen LogP contribution in [0, 0.1) is 0 Å². The van der Waals surface area contributed by atoms with Crippen LogP contribution in [0.5, 0.6) is 5.75 Å². The maximum absolute atomic E-state index is 12.2. The highest BCUT2D eigenvalue weighted by molar-refractivity contribution is 6.62. The average molecular weight is 448 g/mol. The molecule has 1 fully saturated rings. The number of rotatable bonds is 8. The fraction of sp³-hybridized carbons (Fsp3) is 0.720. The molecule has 180 valence electrons. The minimum absolute atomic E-state index is 0.164. The zero-order chi connectivity index (χ0) is 24.6. The molecule has 1 saturated heterocycles. The molecule has 0 saturated carbocycles. The third kappa shape index (κ3) is 7.50. The quantitative estimate of drug-likeness (QED) is 0.426. The van der Waals surface area contributed by atoms with Gasteiger partial charge in [0, 0.05) is 0 Å². The summed E-state index contributed by atoms with van der Waals surface area (Å²) in [6.07, 6.45) is 0.164. The van der Waals surface area contributed by atoms with Crippen LogP contribution in [0.1, 0.15) is 82.6 Å². The van der Waals surface area contributed by atoms with Gasteiger partial charge in [-0.25, -0.2) is 0 Å². The molecule has 0 bridgehead atoms. The zero-order valence-corrected chi connectivity index (χ0v) is 21.8. The van der Waals surface area contributed by atoms with Crippen molar-refractivity contribution in [3.8, 4) is 5.75 Å². The Morgan fingerprint density at radius 2 is 1.50 bits per heavy atom. The first-order valence-electron chi connectivity index (χ1n) is 11.3. The summed E-state index contributed by atoms with van der Waals surface area (Å²) in [5.74, 6) is 0.423. The van der Waals surface area contributed by atoms with Crippen molar-refractivity contribution in [2.45, 2.75) is 111 Å². The summed E-state index contributed by atoms with van der Waals surface area (Å²) in [4.78, 5) is 12.2. The average Bonchev–Trinajstić information content (AvgIpc) is 2.79. The van der Waals surface area contributed by atoms with Gasteiger partial charge in [0.15, 0.2) is 0 Å². The monoisotopic (exact) mass is 448 g/mol. The molecule has 0 aliphatic carbocycles. The Morgan fingerprint density at radius 3 is 2.03 bits per heavy atom. The third-order valence-electron chi connectivity index (χ3n) is 5.58. The second-order valence-electron chi connectivity index (χ2n) is 11.8. The Hall–Kier alpha value is -1.57. The van der Waals surface area contributed by atoms with Crippen molar-refractivity contribution >= 4 is 18.6 Å². The molecule has 2 rings (SSSR count). The van der Waals surface area contributed by atoms with E-state index in [1.807, 2.05) is 100 Å². The van der Waals surface area contributed by atoms with E-state index in [1.54, 1.807) is 0 Å². The first-order chi connectivity index (χ1) is 14.3. The fourth-order valence-electron chi connectivity index (χ4n) is 3.20. The van der Waals surface area contributed by atoms with Crippen LogP contribution < -0.4 is 10.2 Å². The SMILES string of the molecule is CC(C)(C)OC(=O)CC(C)(C)OCC(C)(C)Oc1cccc(B2OC(C)(C)C(C)(C)O2)c1. The summed E-state index contributed by atoms with van der Waals surface area (Å²) in [5.41, 5.74) is -1.70. The highest BCUT2D eigenvalue weighted by Crippen LogP contribution is 2.36. The molecule has 6 nitrogen and oxygen atoms in total. The minimum atomic E-state index is -0.673. The van der Waals surface area contributed by atoms with Gasteiger partial charge in [-0.2, -0.15) is 0 Å². The van der Waals surface area contributed by atoms with Crippen molar-refractivity contribution < 1.29 is 28.3 Å². The normalized spacial score (nSPS) is 18.5. The predicted octanol–water partition coefficient (Wildman–Crippen LogP) is 4.67. The lowest BCUT2D eigenvalue weighted by Crippen LogP contribution is -2.41. The first kappa shape index (κ1) is 26.7. The standard InChI is InChI=1S/C25H41BO6/c1-21(2,3)30-20(27)16-22(4,5)28-17-23(6,7)29-19-14-12-13-18(15-19)26-31-24(8,9)25(10,11)32-26/h12-15H,16-17H2,1-11H3. The maximum atomic E-state index is 12.2. The molecule has 7 heteroatoms. The summed E-state index contributed by atoms with van der Waals surface area (Å²) in [5, 5.41) is 0. The van der Waals surface area contributed by atoms with Gasteiger partial charge in [-0.05, 0) is 93.8 Å². The first-order valence-corrected chi connectivity index (χ1v) is 11.3. The number of hydrogen-bond acceptors (Lipinski definition) is 6. The minimum Gasteiger partial charge on any atom is -0.485 e. The van der Waals surface area contributed by atoms with Crippen molar-refractivity contribution in [1.82, 2.24) is 0 Å². The van der Waals surface area contributed by atoms with Crippen molar-refractivity contribution in [3.05, 3.63) is 24.3 Å². The number of carbonyl (C=O) groups is 1. The smallest absolute Gasteiger partial charge is 0.485 e. The molecule has 1 aromatic rings. The second-order valence-corrected chi connectivity index (χ2v) is 11.8. The molecule has 0 N–H and O–H groups in total. The van der Waals surface area contributed by atoms with E-state index >= 15 is 0 Å². The Bertz CT molecular complexity index is 791. The van der Waals surface area contributed by atoms with Crippen molar-refractivity contribution in [1.29, 1.82) is 0 Å². The van der Waals surface area contributed by atoms with Gasteiger partial charge in [-0.1, -0.05) is 12.1 Å². The summed E-state index contributed by atoms with van der Waals surface area (Å²) in [7, 11) is -0.448. The van der Waals surface area contributed by atoms with Crippen LogP contribution in [0.4, 0.5) is 0 Å². The Kier molecular flexibility index (Phi) is 7.50. The van der Waals surface area contributed by atoms with Crippen LogP contribution in [0.25, 0.3) is 0 Å². The highest BCUT2D eigenvalue weighted by atomic mass is 16.7. The van der Waals surface area contributed by atoms with Crippen LogP contribution in [0.15, 0.2) is 24.3 Å². The third-order valence-corrected chi connectivity index (χ3v) is 5.58. The molecule has 32 heavy (non-hydrogen) atoms. The largest absolute Gasteiger partial charge is 0.494 e. The van der Waals surface area contributed by atoms with E-state index in [9.17, 15) is 4.79 Å². The van der Waals surface area contributed by atoms with Gasteiger partial charge in [0.1, 0.15) is 17.0 Å². The van der Waals surface area contributed by atoms with Gasteiger partial charge in [-0.15, -0.1) is 0 Å². The van der Waals surface area contributed by atoms with Crippen LogP contribution in [-0.4, -0.2) is 47.7 Å². The molecule has 0 unspecified atom stereocenters. The number of hydrogen-bond donors (Lipinski definition) is 0. The van der Waals surface area contributed by atoms with E-state index in [2.05, 4.69) is 0 Å². The van der Waals surface area contributed by atoms with Crippen molar-refractivity contribution in [2.24, 2.45) is 0 Å². The predicted molar refractivity (Wildman–Crippen MR) is 127 cm³/mol. The molecule has 0 aromatic heterocycles. The molecule has 0 radical (unpaired) electrons. The zero-order valence-electron chi connectivity index (χ0n) is 21.8. The molecule has 0 atom stereocenters. The lowest BCUT2D eigenvalue weighted by atomic mass is 9.79. The number of carbonyl (C=O) groups excluding carboxylic acids is 1. The molecule has 1 aliphatic heterocycles. The maximum Gasteiger partial charge on any atom is 0.494 e. The van der Waals surface area contributed by atoms with Gasteiger partial charge >= 0.3 is 13.1 Å². The van der Waals surface area contributed by atoms with E-state index in [1.165, 1.54) is 0 Å². The lowest BCUT2D eigenvalue weighted by molar-refractivity contribution is -0.163. The van der Waals surface area contributed by atoms with Crippen LogP contribution in [0.2, 0.25) is 0 Å². The molecule has 0 spiro atoms. The second kappa shape index (κ2) is 9.00. The van der Waals surface area contributed by atoms with Crippen LogP contribution >= 0.6 is 0 Å². The summed E-state index contributed by atoms with van der Waals surface area (Å²) in [6.45, 7) is 21.7. The summed E-state index contributed by atoms with van der Waals surface area (Å²) in [6, 6.07) is 7.75. The van der Waals surface area contributed by atoms with Crippen LogP contribution in [-0.2, 0) is 23.6 Å². The molecule has 1 heterocycles. The Morgan fingerprint density at radius 1 is 0.938 bits per heavy atom. The number of ether oxygens (including phenoxy) is 3. The molecular weight excluding hydrogens is 407 g/mol. The summed E-state index contributed by atoms with van der Waals surface area (Å²) < 4.78 is 30.0. The number of esters is 1. The number of benzene rings is 1. The van der Waals surface area contributed by atoms with Gasteiger partial charge in [0.2, 0.25) is 0 Å². The summed E-state index contributed by atoms with van der Waals surface area (Å²) >= 11 is 0. The molecular formula is C25H41BO6. The van der Waals surface area contributed by atoms with Crippen molar-refractivity contribution in [2.75, 3.05) is 6.61 Å². The van der Waals surface area contributed by atoms with Gasteiger partial charge in [-0.3, -0.25) is 4.79 Å². The topological polar surface area (TPSA) is 63.2 Å². The van der Waals surface area contributed by atoms with E-state index < -0.39 is 35.1 Å². The highest BCUT2D eigenvalue weighted by Gasteiger charge is 2.51. The fourth-order valence-corrected chi connectivity index (χ4v) is 3.20.